The van der Waals surface area contributed by atoms with Crippen molar-refractivity contribution in [1.29, 1.82) is 0 Å². The van der Waals surface area contributed by atoms with Gasteiger partial charge in [-0.05, 0) is 19.9 Å². The van der Waals surface area contributed by atoms with Crippen LogP contribution in [0.1, 0.15) is 25.8 Å². The van der Waals surface area contributed by atoms with Gasteiger partial charge in [0.1, 0.15) is 5.75 Å². The second kappa shape index (κ2) is 9.13. The van der Waals surface area contributed by atoms with E-state index in [2.05, 4.69) is 29.2 Å². The van der Waals surface area contributed by atoms with E-state index < -0.39 is 4.92 Å². The van der Waals surface area contributed by atoms with Crippen LogP contribution in [-0.2, 0) is 18.4 Å². The van der Waals surface area contributed by atoms with Crippen molar-refractivity contribution < 1.29 is 14.5 Å². The summed E-state index contributed by atoms with van der Waals surface area (Å²) in [7, 11) is 3.31. The summed E-state index contributed by atoms with van der Waals surface area (Å²) < 4.78 is 6.91. The predicted octanol–water partition coefficient (Wildman–Crippen LogP) is 2.58. The van der Waals surface area contributed by atoms with E-state index in [1.54, 1.807) is 4.68 Å². The maximum absolute atomic E-state index is 12.4. The highest BCUT2D eigenvalue weighted by molar-refractivity contribution is 5.92. The van der Waals surface area contributed by atoms with Crippen LogP contribution in [0.25, 0.3) is 0 Å². The summed E-state index contributed by atoms with van der Waals surface area (Å²) in [5, 5.41) is 17.8. The van der Waals surface area contributed by atoms with Gasteiger partial charge in [-0.15, -0.1) is 0 Å². The molecule has 9 nitrogen and oxygen atoms in total. The van der Waals surface area contributed by atoms with Crippen LogP contribution < -0.4 is 10.1 Å². The number of nitro benzene ring substituents is 1. The second-order valence-electron chi connectivity index (χ2n) is 6.53. The smallest absolute Gasteiger partial charge is 0.271 e. The van der Waals surface area contributed by atoms with Crippen molar-refractivity contribution in [3.8, 4) is 5.75 Å². The molecule has 0 aliphatic carbocycles. The predicted molar refractivity (Wildman–Crippen MR) is 102 cm³/mol. The number of carbonyl (C=O) groups is 1. The zero-order valence-electron chi connectivity index (χ0n) is 16.0. The number of nitro groups is 1. The highest BCUT2D eigenvalue weighted by atomic mass is 16.6. The van der Waals surface area contributed by atoms with Crippen molar-refractivity contribution in [3.63, 3.8) is 0 Å². The van der Waals surface area contributed by atoms with E-state index in [4.69, 9.17) is 4.74 Å². The molecular weight excluding hydrogens is 350 g/mol. The van der Waals surface area contributed by atoms with Gasteiger partial charge in [0.15, 0.2) is 0 Å². The number of anilines is 1. The number of amides is 1. The van der Waals surface area contributed by atoms with Crippen LogP contribution in [0.3, 0.4) is 0 Å². The van der Waals surface area contributed by atoms with Crippen LogP contribution in [0.15, 0.2) is 30.6 Å². The molecular formula is C18H25N5O4. The lowest BCUT2D eigenvalue weighted by Gasteiger charge is -2.25. The number of hydrogen-bond acceptors (Lipinski definition) is 6. The van der Waals surface area contributed by atoms with Gasteiger partial charge < -0.3 is 10.1 Å². The minimum absolute atomic E-state index is 0.105. The molecule has 0 aliphatic rings. The van der Waals surface area contributed by atoms with Gasteiger partial charge in [-0.3, -0.25) is 24.5 Å². The van der Waals surface area contributed by atoms with Gasteiger partial charge in [0.25, 0.3) is 5.69 Å². The van der Waals surface area contributed by atoms with Crippen LogP contribution in [0, 0.1) is 10.1 Å². The normalized spacial score (nSPS) is 11.0. The van der Waals surface area contributed by atoms with Gasteiger partial charge in [-0.1, -0.05) is 0 Å². The monoisotopic (exact) mass is 375 g/mol. The number of methoxy groups -OCH3 is 1. The van der Waals surface area contributed by atoms with E-state index in [1.165, 1.54) is 25.3 Å². The fraction of sp³-hybridized carbons (Fsp3) is 0.444. The standard InChI is InChI=1S/C18H25N5O4/c1-13(2)22(12-14-10-19-21(3)11-14)8-7-18(24)20-16-9-15(23(25)26)5-6-17(16)27-4/h5-6,9-11,13H,7-8,12H2,1-4H3,(H,20,24). The summed E-state index contributed by atoms with van der Waals surface area (Å²) in [5.74, 6) is 0.149. The lowest BCUT2D eigenvalue weighted by atomic mass is 10.2. The van der Waals surface area contributed by atoms with Crippen LogP contribution in [-0.4, -0.2) is 45.2 Å². The lowest BCUT2D eigenvalue weighted by Crippen LogP contribution is -2.33. The molecule has 27 heavy (non-hydrogen) atoms. The SMILES string of the molecule is COc1ccc([N+](=O)[O-])cc1NC(=O)CCN(Cc1cnn(C)c1)C(C)C. The Balaban J connectivity index is 1.99. The van der Waals surface area contributed by atoms with Gasteiger partial charge in [-0.2, -0.15) is 5.10 Å². The quantitative estimate of drug-likeness (QED) is 0.534. The third-order valence-electron chi connectivity index (χ3n) is 4.17. The third kappa shape index (κ3) is 5.78. The molecule has 0 saturated carbocycles. The van der Waals surface area contributed by atoms with Gasteiger partial charge in [0.05, 0.1) is 23.9 Å². The molecule has 1 N–H and O–H groups in total. The van der Waals surface area contributed by atoms with Crippen molar-refractivity contribution in [2.45, 2.75) is 32.9 Å². The van der Waals surface area contributed by atoms with Gasteiger partial charge in [0.2, 0.25) is 5.91 Å². The molecule has 0 bridgehead atoms. The van der Waals surface area contributed by atoms with Gasteiger partial charge in [0, 0.05) is 56.5 Å². The van der Waals surface area contributed by atoms with Gasteiger partial charge in [-0.25, -0.2) is 0 Å². The minimum atomic E-state index is -0.510. The van der Waals surface area contributed by atoms with E-state index in [0.29, 0.717) is 24.5 Å². The highest BCUT2D eigenvalue weighted by Gasteiger charge is 2.16. The number of aryl methyl sites for hydroxylation is 1. The van der Waals surface area contributed by atoms with Crippen molar-refractivity contribution in [3.05, 3.63) is 46.3 Å². The number of hydrogen-bond donors (Lipinski definition) is 1. The molecule has 0 atom stereocenters. The second-order valence-corrected chi connectivity index (χ2v) is 6.53. The Bertz CT molecular complexity index is 803. The summed E-state index contributed by atoms with van der Waals surface area (Å²) in [6.07, 6.45) is 4.01. The Hall–Kier alpha value is -2.94. The zero-order valence-corrected chi connectivity index (χ0v) is 16.0. The molecule has 1 heterocycles. The first-order valence-corrected chi connectivity index (χ1v) is 8.64. The number of ether oxygens (including phenoxy) is 1. The van der Waals surface area contributed by atoms with Crippen LogP contribution in [0.4, 0.5) is 11.4 Å². The molecule has 146 valence electrons. The molecule has 0 spiro atoms. The molecule has 1 aromatic heterocycles. The number of nitrogens with one attached hydrogen (secondary N) is 1. The molecule has 9 heteroatoms. The molecule has 0 radical (unpaired) electrons. The van der Waals surface area contributed by atoms with E-state index in [1.807, 2.05) is 19.4 Å². The molecule has 0 aliphatic heterocycles. The molecule has 2 rings (SSSR count). The number of non-ortho nitro benzene ring substituents is 1. The van der Waals surface area contributed by atoms with Crippen LogP contribution in [0.5, 0.6) is 5.75 Å². The van der Waals surface area contributed by atoms with Crippen LogP contribution >= 0.6 is 0 Å². The number of carbonyl (C=O) groups excluding carboxylic acids is 1. The molecule has 0 fully saturated rings. The first-order chi connectivity index (χ1) is 12.8. The topological polar surface area (TPSA) is 103 Å². The summed E-state index contributed by atoms with van der Waals surface area (Å²) in [4.78, 5) is 25.0. The molecule has 0 saturated heterocycles. The molecule has 1 amide bonds. The summed E-state index contributed by atoms with van der Waals surface area (Å²) in [6.45, 7) is 5.38. The van der Waals surface area contributed by atoms with E-state index in [9.17, 15) is 14.9 Å². The number of aromatic nitrogens is 2. The third-order valence-corrected chi connectivity index (χ3v) is 4.17. The highest BCUT2D eigenvalue weighted by Crippen LogP contribution is 2.29. The number of benzene rings is 1. The molecule has 0 unspecified atom stereocenters. The summed E-state index contributed by atoms with van der Waals surface area (Å²) in [6, 6.07) is 4.36. The lowest BCUT2D eigenvalue weighted by molar-refractivity contribution is -0.384. The van der Waals surface area contributed by atoms with Crippen molar-refractivity contribution >= 4 is 17.3 Å². The number of nitrogens with zero attached hydrogens (tertiary/aromatic N) is 4. The Labute approximate surface area is 158 Å². The maximum Gasteiger partial charge on any atom is 0.271 e. The van der Waals surface area contributed by atoms with Crippen LogP contribution in [0.2, 0.25) is 0 Å². The summed E-state index contributed by atoms with van der Waals surface area (Å²) in [5.41, 5.74) is 1.26. The largest absolute Gasteiger partial charge is 0.495 e. The van der Waals surface area contributed by atoms with Gasteiger partial charge >= 0.3 is 0 Å². The number of rotatable bonds is 9. The van der Waals surface area contributed by atoms with Crippen molar-refractivity contribution in [2.24, 2.45) is 7.05 Å². The first kappa shape index (κ1) is 20.4. The first-order valence-electron chi connectivity index (χ1n) is 8.64. The van der Waals surface area contributed by atoms with E-state index in [0.717, 1.165) is 5.56 Å². The average molecular weight is 375 g/mol. The Morgan fingerprint density at radius 1 is 1.44 bits per heavy atom. The van der Waals surface area contributed by atoms with E-state index >= 15 is 0 Å². The summed E-state index contributed by atoms with van der Waals surface area (Å²) >= 11 is 0. The zero-order chi connectivity index (χ0) is 20.0. The molecule has 2 aromatic rings. The Kier molecular flexibility index (Phi) is 6.89. The van der Waals surface area contributed by atoms with E-state index in [-0.39, 0.29) is 24.1 Å². The Morgan fingerprint density at radius 3 is 2.74 bits per heavy atom. The maximum atomic E-state index is 12.4. The Morgan fingerprint density at radius 2 is 2.19 bits per heavy atom. The van der Waals surface area contributed by atoms with Crippen molar-refractivity contribution in [2.75, 3.05) is 19.0 Å². The molecule has 1 aromatic carbocycles. The fourth-order valence-corrected chi connectivity index (χ4v) is 2.67. The minimum Gasteiger partial charge on any atom is -0.495 e. The van der Waals surface area contributed by atoms with Crippen molar-refractivity contribution in [1.82, 2.24) is 14.7 Å². The fourth-order valence-electron chi connectivity index (χ4n) is 2.67. The average Bonchev–Trinajstić information content (AvgIpc) is 3.03.